The highest BCUT2D eigenvalue weighted by atomic mass is 32.2. The number of rotatable bonds is 9. The lowest BCUT2D eigenvalue weighted by Crippen LogP contribution is -2.45. The van der Waals surface area contributed by atoms with Crippen molar-refractivity contribution >= 4 is 15.9 Å². The standard InChI is InChI=1S/C14H22N2O4S/c1-3-15-14(17)12(2)16-21(18,19)10-9-20-11-13-7-5-4-6-8-13/h4-8,12,16H,3,9-11H2,1-2H3,(H,15,17). The zero-order valence-electron chi connectivity index (χ0n) is 12.3. The largest absolute Gasteiger partial charge is 0.376 e. The Hall–Kier alpha value is -1.44. The van der Waals surface area contributed by atoms with Crippen molar-refractivity contribution in [1.82, 2.24) is 10.0 Å². The molecule has 0 fully saturated rings. The fraction of sp³-hybridized carbons (Fsp3) is 0.500. The Bertz CT molecular complexity index is 531. The molecule has 1 rings (SSSR count). The second-order valence-corrected chi connectivity index (χ2v) is 6.46. The van der Waals surface area contributed by atoms with Crippen LogP contribution in [0.4, 0.5) is 0 Å². The van der Waals surface area contributed by atoms with Gasteiger partial charge in [0.25, 0.3) is 0 Å². The van der Waals surface area contributed by atoms with Crippen molar-refractivity contribution in [2.24, 2.45) is 0 Å². The van der Waals surface area contributed by atoms with E-state index in [0.29, 0.717) is 13.2 Å². The summed E-state index contributed by atoms with van der Waals surface area (Å²) in [6.45, 7) is 4.18. The molecule has 118 valence electrons. The molecule has 1 aromatic rings. The number of benzene rings is 1. The summed E-state index contributed by atoms with van der Waals surface area (Å²) in [6.07, 6.45) is 0. The van der Waals surface area contributed by atoms with Crippen LogP contribution in [-0.4, -0.2) is 39.3 Å². The van der Waals surface area contributed by atoms with Crippen molar-refractivity contribution in [3.63, 3.8) is 0 Å². The van der Waals surface area contributed by atoms with E-state index in [-0.39, 0.29) is 18.3 Å². The molecule has 1 aromatic carbocycles. The fourth-order valence-corrected chi connectivity index (χ4v) is 2.74. The number of hydrogen-bond acceptors (Lipinski definition) is 4. The van der Waals surface area contributed by atoms with E-state index in [1.54, 1.807) is 6.92 Å². The molecule has 0 bridgehead atoms. The predicted octanol–water partition coefficient (Wildman–Crippen LogP) is 0.647. The van der Waals surface area contributed by atoms with Crippen LogP contribution in [0.2, 0.25) is 0 Å². The molecule has 0 aliphatic rings. The minimum Gasteiger partial charge on any atom is -0.376 e. The van der Waals surface area contributed by atoms with E-state index >= 15 is 0 Å². The van der Waals surface area contributed by atoms with E-state index in [0.717, 1.165) is 5.56 Å². The van der Waals surface area contributed by atoms with Crippen molar-refractivity contribution in [2.75, 3.05) is 18.9 Å². The van der Waals surface area contributed by atoms with Gasteiger partial charge in [0.2, 0.25) is 15.9 Å². The summed E-state index contributed by atoms with van der Waals surface area (Å²) in [6, 6.07) is 8.72. The maximum absolute atomic E-state index is 11.8. The van der Waals surface area contributed by atoms with Crippen molar-refractivity contribution in [2.45, 2.75) is 26.5 Å². The van der Waals surface area contributed by atoms with Gasteiger partial charge in [-0.2, -0.15) is 0 Å². The molecule has 0 saturated carbocycles. The van der Waals surface area contributed by atoms with Crippen LogP contribution in [0, 0.1) is 0 Å². The highest BCUT2D eigenvalue weighted by Gasteiger charge is 2.19. The number of amides is 1. The molecule has 6 nitrogen and oxygen atoms in total. The molecule has 0 aromatic heterocycles. The Morgan fingerprint density at radius 2 is 1.95 bits per heavy atom. The van der Waals surface area contributed by atoms with Gasteiger partial charge in [-0.05, 0) is 19.4 Å². The molecule has 0 radical (unpaired) electrons. The van der Waals surface area contributed by atoms with E-state index < -0.39 is 16.1 Å². The number of carbonyl (C=O) groups is 1. The highest BCUT2D eigenvalue weighted by molar-refractivity contribution is 7.89. The van der Waals surface area contributed by atoms with Gasteiger partial charge in [-0.15, -0.1) is 0 Å². The van der Waals surface area contributed by atoms with Gasteiger partial charge >= 0.3 is 0 Å². The van der Waals surface area contributed by atoms with Crippen molar-refractivity contribution in [3.8, 4) is 0 Å². The normalized spacial score (nSPS) is 12.9. The molecule has 0 heterocycles. The summed E-state index contributed by atoms with van der Waals surface area (Å²) in [5.41, 5.74) is 0.985. The third-order valence-electron chi connectivity index (χ3n) is 2.71. The highest BCUT2D eigenvalue weighted by Crippen LogP contribution is 2.00. The Balaban J connectivity index is 2.31. The first-order valence-electron chi connectivity index (χ1n) is 6.84. The lowest BCUT2D eigenvalue weighted by molar-refractivity contribution is -0.122. The van der Waals surface area contributed by atoms with E-state index in [9.17, 15) is 13.2 Å². The number of likely N-dealkylation sites (N-methyl/N-ethyl adjacent to an activating group) is 1. The summed E-state index contributed by atoms with van der Waals surface area (Å²) < 4.78 is 31.2. The number of hydrogen-bond donors (Lipinski definition) is 2. The molecule has 0 saturated heterocycles. The van der Waals surface area contributed by atoms with Crippen molar-refractivity contribution < 1.29 is 17.9 Å². The molecule has 1 unspecified atom stereocenters. The van der Waals surface area contributed by atoms with E-state index in [2.05, 4.69) is 10.0 Å². The van der Waals surface area contributed by atoms with Crippen LogP contribution in [0.15, 0.2) is 30.3 Å². The number of ether oxygens (including phenoxy) is 1. The second kappa shape index (κ2) is 8.76. The maximum atomic E-state index is 11.8. The van der Waals surface area contributed by atoms with Gasteiger partial charge in [0.05, 0.1) is 25.0 Å². The van der Waals surface area contributed by atoms with Gasteiger partial charge in [0.15, 0.2) is 0 Å². The van der Waals surface area contributed by atoms with Crippen LogP contribution in [0.3, 0.4) is 0 Å². The van der Waals surface area contributed by atoms with Crippen LogP contribution in [-0.2, 0) is 26.2 Å². The van der Waals surface area contributed by atoms with Gasteiger partial charge in [0.1, 0.15) is 0 Å². The molecule has 1 amide bonds. The Morgan fingerprint density at radius 1 is 1.29 bits per heavy atom. The van der Waals surface area contributed by atoms with Gasteiger partial charge < -0.3 is 10.1 Å². The molecule has 1 atom stereocenters. The van der Waals surface area contributed by atoms with Crippen LogP contribution in [0.1, 0.15) is 19.4 Å². The number of sulfonamides is 1. The SMILES string of the molecule is CCNC(=O)C(C)NS(=O)(=O)CCOCc1ccccc1. The van der Waals surface area contributed by atoms with Crippen LogP contribution in [0.5, 0.6) is 0 Å². The van der Waals surface area contributed by atoms with Crippen molar-refractivity contribution in [3.05, 3.63) is 35.9 Å². The Kier molecular flexibility index (Phi) is 7.35. The molecule has 7 heteroatoms. The summed E-state index contributed by atoms with van der Waals surface area (Å²) in [7, 11) is -3.53. The molecule has 2 N–H and O–H groups in total. The first kappa shape index (κ1) is 17.6. The smallest absolute Gasteiger partial charge is 0.237 e. The zero-order valence-corrected chi connectivity index (χ0v) is 13.2. The first-order chi connectivity index (χ1) is 9.94. The number of carbonyl (C=O) groups excluding carboxylic acids is 1. The quantitative estimate of drug-likeness (QED) is 0.655. The average Bonchev–Trinajstić information content (AvgIpc) is 2.44. The second-order valence-electron chi connectivity index (χ2n) is 4.59. The predicted molar refractivity (Wildman–Crippen MR) is 81.2 cm³/mol. The first-order valence-corrected chi connectivity index (χ1v) is 8.49. The summed E-state index contributed by atoms with van der Waals surface area (Å²) >= 11 is 0. The average molecular weight is 314 g/mol. The van der Waals surface area contributed by atoms with Crippen LogP contribution in [0.25, 0.3) is 0 Å². The molecule has 0 spiro atoms. The monoisotopic (exact) mass is 314 g/mol. The summed E-state index contributed by atoms with van der Waals surface area (Å²) in [5, 5.41) is 2.56. The molecule has 0 aliphatic carbocycles. The molecular formula is C14H22N2O4S. The van der Waals surface area contributed by atoms with Gasteiger partial charge in [-0.3, -0.25) is 4.79 Å². The lowest BCUT2D eigenvalue weighted by atomic mass is 10.2. The Morgan fingerprint density at radius 3 is 2.57 bits per heavy atom. The topological polar surface area (TPSA) is 84.5 Å². The summed E-state index contributed by atoms with van der Waals surface area (Å²) in [5.74, 6) is -0.518. The number of nitrogens with one attached hydrogen (secondary N) is 2. The maximum Gasteiger partial charge on any atom is 0.237 e. The third-order valence-corrected chi connectivity index (χ3v) is 4.13. The summed E-state index contributed by atoms with van der Waals surface area (Å²) in [4.78, 5) is 11.5. The van der Waals surface area contributed by atoms with E-state index in [1.165, 1.54) is 6.92 Å². The van der Waals surface area contributed by atoms with E-state index in [4.69, 9.17) is 4.74 Å². The Labute approximate surface area is 125 Å². The molecule has 0 aliphatic heterocycles. The third kappa shape index (κ3) is 7.22. The van der Waals surface area contributed by atoms with E-state index in [1.807, 2.05) is 30.3 Å². The van der Waals surface area contributed by atoms with Gasteiger partial charge in [-0.1, -0.05) is 30.3 Å². The fourth-order valence-electron chi connectivity index (χ4n) is 1.64. The van der Waals surface area contributed by atoms with Gasteiger partial charge in [-0.25, -0.2) is 13.1 Å². The van der Waals surface area contributed by atoms with Crippen LogP contribution >= 0.6 is 0 Å². The lowest BCUT2D eigenvalue weighted by Gasteiger charge is -2.13. The molecular weight excluding hydrogens is 292 g/mol. The van der Waals surface area contributed by atoms with Gasteiger partial charge in [0, 0.05) is 6.54 Å². The van der Waals surface area contributed by atoms with Crippen LogP contribution < -0.4 is 10.0 Å². The minimum atomic E-state index is -3.53. The van der Waals surface area contributed by atoms with Crippen molar-refractivity contribution in [1.29, 1.82) is 0 Å². The molecule has 21 heavy (non-hydrogen) atoms. The minimum absolute atomic E-state index is 0.0757. The zero-order chi connectivity index (χ0) is 15.7.